The predicted molar refractivity (Wildman–Crippen MR) is 206 cm³/mol. The standard InChI is InChI=1S/C42H22F12NO3S.CH3.Al/c43-39(44,45)25-15-24(16-26(18-25)40(46,47)48)32-14-13-22-7-1-3-9-30(22)36(32)37-31-10-4-2-8-23(31)17-34(38(37)56)33-11-5-6-12-35(33)55-59(57,58)29-20-27(41(49,50)51)19-28(21-29)42(52,53)54;;/h1-21,56H;1H3;/q-1;;+2/p-1. The molecule has 0 fully saturated rings. The molecule has 61 heavy (non-hydrogen) atoms. The number of halogens is 12. The summed E-state index contributed by atoms with van der Waals surface area (Å²) >= 11 is -3.70. The van der Waals surface area contributed by atoms with Crippen molar-refractivity contribution in [3.8, 4) is 39.1 Å². The van der Waals surface area contributed by atoms with Gasteiger partial charge in [0.1, 0.15) is 0 Å². The van der Waals surface area contributed by atoms with Crippen molar-refractivity contribution >= 4 is 52.0 Å². The zero-order valence-corrected chi connectivity index (χ0v) is 32.8. The Bertz CT molecular complexity index is 2950. The number of hydrogen-bond acceptors (Lipinski definition) is 3. The summed E-state index contributed by atoms with van der Waals surface area (Å²) in [6, 6.07) is 24.3. The number of sulfonamides is 1. The van der Waals surface area contributed by atoms with Crippen molar-refractivity contribution in [2.45, 2.75) is 35.4 Å². The van der Waals surface area contributed by atoms with Gasteiger partial charge in [-0.3, -0.25) is 0 Å². The molecule has 0 radical (unpaired) electrons. The second-order valence-electron chi connectivity index (χ2n) is 14.1. The van der Waals surface area contributed by atoms with Crippen LogP contribution in [0.2, 0.25) is 5.79 Å². The molecular weight excluding hydrogens is 866 g/mol. The molecule has 0 unspecified atom stereocenters. The van der Waals surface area contributed by atoms with Gasteiger partial charge in [0.25, 0.3) is 0 Å². The van der Waals surface area contributed by atoms with E-state index in [1.807, 2.05) is 0 Å². The number of rotatable bonds is 4. The first kappa shape index (κ1) is 42.0. The molecule has 7 aromatic carbocycles. The van der Waals surface area contributed by atoms with Crippen molar-refractivity contribution in [3.05, 3.63) is 150 Å². The van der Waals surface area contributed by atoms with Gasteiger partial charge in [-0.25, -0.2) is 8.42 Å². The Morgan fingerprint density at radius 2 is 0.967 bits per heavy atom. The molecule has 0 aromatic heterocycles. The third kappa shape index (κ3) is 7.55. The van der Waals surface area contributed by atoms with Crippen LogP contribution in [0.1, 0.15) is 22.3 Å². The van der Waals surface area contributed by atoms with Gasteiger partial charge >= 0.3 is 39.4 Å². The van der Waals surface area contributed by atoms with E-state index in [0.717, 1.165) is 0 Å². The van der Waals surface area contributed by atoms with Crippen LogP contribution < -0.4 is 7.08 Å². The number of para-hydroxylation sites is 1. The lowest BCUT2D eigenvalue weighted by atomic mass is 9.84. The molecular formula is C43H24AlF12NO3S. The van der Waals surface area contributed by atoms with Crippen LogP contribution in [-0.4, -0.2) is 23.1 Å². The maximum absolute atomic E-state index is 14.6. The highest BCUT2D eigenvalue weighted by Crippen LogP contribution is 2.54. The molecule has 0 atom stereocenters. The third-order valence-corrected chi connectivity index (χ3v) is 15.0. The summed E-state index contributed by atoms with van der Waals surface area (Å²) in [6.45, 7) is 0. The number of nitrogens with zero attached hydrogens (tertiary/aromatic N) is 1. The molecule has 18 heteroatoms. The minimum absolute atomic E-state index is 0.00141. The lowest BCUT2D eigenvalue weighted by Crippen LogP contribution is -2.45. The quantitative estimate of drug-likeness (QED) is 0.131. The van der Waals surface area contributed by atoms with Crippen LogP contribution in [0, 0.1) is 0 Å². The summed E-state index contributed by atoms with van der Waals surface area (Å²) in [5, 5.41) is 1.66. The van der Waals surface area contributed by atoms with Gasteiger partial charge in [0, 0.05) is 27.9 Å². The molecule has 0 saturated heterocycles. The average Bonchev–Trinajstić information content (AvgIpc) is 3.31. The zero-order valence-electron chi connectivity index (χ0n) is 30.8. The molecule has 4 nitrogen and oxygen atoms in total. The van der Waals surface area contributed by atoms with E-state index in [1.54, 1.807) is 54.6 Å². The van der Waals surface area contributed by atoms with E-state index in [2.05, 4.69) is 0 Å². The summed E-state index contributed by atoms with van der Waals surface area (Å²) < 4.78 is 206. The van der Waals surface area contributed by atoms with Crippen molar-refractivity contribution < 1.29 is 64.9 Å². The number of fused-ring (bicyclic) bond motifs is 5. The zero-order chi connectivity index (χ0) is 44.0. The monoisotopic (exact) mass is 889 g/mol. The van der Waals surface area contributed by atoms with Crippen LogP contribution in [0.5, 0.6) is 5.75 Å². The lowest BCUT2D eigenvalue weighted by molar-refractivity contribution is -0.144. The Labute approximate surface area is 343 Å². The number of benzene rings is 7. The Balaban J connectivity index is 1.45. The fourth-order valence-corrected chi connectivity index (χ4v) is 12.2. The maximum Gasteiger partial charge on any atom is 0.724 e. The summed E-state index contributed by atoms with van der Waals surface area (Å²) in [4.78, 5) is -1.33. The van der Waals surface area contributed by atoms with Crippen LogP contribution in [-0.2, 0) is 34.7 Å². The van der Waals surface area contributed by atoms with Crippen molar-refractivity contribution in [2.24, 2.45) is 0 Å². The van der Waals surface area contributed by atoms with Crippen LogP contribution in [0.4, 0.5) is 58.4 Å². The van der Waals surface area contributed by atoms with Crippen molar-refractivity contribution in [2.75, 3.05) is 3.29 Å². The van der Waals surface area contributed by atoms with Crippen LogP contribution in [0.15, 0.2) is 132 Å². The Kier molecular flexibility index (Phi) is 9.96. The number of hydrogen-bond donors (Lipinski definition) is 0. The van der Waals surface area contributed by atoms with E-state index < -0.39 is 82.1 Å². The second kappa shape index (κ2) is 14.5. The predicted octanol–water partition coefficient (Wildman–Crippen LogP) is 13.8. The third-order valence-electron chi connectivity index (χ3n) is 10.2. The van der Waals surface area contributed by atoms with E-state index in [1.165, 1.54) is 42.2 Å². The summed E-state index contributed by atoms with van der Waals surface area (Å²) in [7, 11) is -5.32. The highest BCUT2D eigenvalue weighted by molar-refractivity contribution is 7.94. The molecule has 8 rings (SSSR count). The molecule has 312 valence electrons. The first-order valence-electron chi connectivity index (χ1n) is 17.9. The molecule has 1 aliphatic rings. The highest BCUT2D eigenvalue weighted by Gasteiger charge is 2.46. The summed E-state index contributed by atoms with van der Waals surface area (Å²) in [6.07, 6.45) is -21.2. The molecule has 0 N–H and O–H groups in total. The Hall–Kier alpha value is -5.70. The molecule has 0 aliphatic carbocycles. The van der Waals surface area contributed by atoms with Gasteiger partial charge in [0.05, 0.1) is 32.9 Å². The molecule has 1 heterocycles. The van der Waals surface area contributed by atoms with E-state index in [9.17, 15) is 61.1 Å². The van der Waals surface area contributed by atoms with Gasteiger partial charge < -0.3 is 7.08 Å². The average molecular weight is 890 g/mol. The molecule has 7 aromatic rings. The van der Waals surface area contributed by atoms with Crippen LogP contribution in [0.3, 0.4) is 0 Å². The first-order valence-corrected chi connectivity index (χ1v) is 21.5. The highest BCUT2D eigenvalue weighted by atomic mass is 32.2. The number of alkyl halides is 12. The Morgan fingerprint density at radius 3 is 1.52 bits per heavy atom. The van der Waals surface area contributed by atoms with Crippen molar-refractivity contribution in [1.82, 2.24) is 0 Å². The van der Waals surface area contributed by atoms with Gasteiger partial charge in [0.15, 0.2) is 0 Å². The maximum atomic E-state index is 14.6. The fourth-order valence-electron chi connectivity index (χ4n) is 7.61. The smallest absolute Gasteiger partial charge is 0.625 e. The molecule has 0 amide bonds. The van der Waals surface area contributed by atoms with Crippen molar-refractivity contribution in [1.29, 1.82) is 0 Å². The summed E-state index contributed by atoms with van der Waals surface area (Å²) in [5.74, 6) is 1.23. The van der Waals surface area contributed by atoms with Gasteiger partial charge in [-0.2, -0.15) is 52.7 Å². The van der Waals surface area contributed by atoms with Gasteiger partial charge in [0.2, 0.25) is 10.0 Å². The van der Waals surface area contributed by atoms with E-state index in [-0.39, 0.29) is 63.5 Å². The SMILES string of the molecule is [CH3][Al]1[O]c2c(cc3ccccc3c2-c2c(-c3cc(C(F)(F)F)cc(C(F)(F)F)c3)ccc3ccccc23)-c2ccccc2[N]1S(=O)(=O)c1cc(C(F)(F)F)cc(C(F)(F)F)c1. The first-order chi connectivity index (χ1) is 28.4. The molecule has 1 aliphatic heterocycles. The molecule has 0 spiro atoms. The summed E-state index contributed by atoms with van der Waals surface area (Å²) in [5.41, 5.74) is -7.17. The van der Waals surface area contributed by atoms with E-state index >= 15 is 0 Å². The lowest BCUT2D eigenvalue weighted by Gasteiger charge is -2.28. The van der Waals surface area contributed by atoms with Crippen LogP contribution in [0.25, 0.3) is 54.9 Å². The van der Waals surface area contributed by atoms with Crippen LogP contribution >= 0.6 is 0 Å². The molecule has 0 saturated carbocycles. The molecule has 0 bridgehead atoms. The van der Waals surface area contributed by atoms with Crippen molar-refractivity contribution in [3.63, 3.8) is 0 Å². The normalized spacial score (nSPS) is 13.9. The topological polar surface area (TPSA) is 46.6 Å². The van der Waals surface area contributed by atoms with Gasteiger partial charge in [-0.15, -0.1) is 0 Å². The van der Waals surface area contributed by atoms with E-state index in [0.29, 0.717) is 37.0 Å². The minimum Gasteiger partial charge on any atom is -0.625 e. The largest absolute Gasteiger partial charge is 0.724 e. The van der Waals surface area contributed by atoms with Gasteiger partial charge in [-0.05, 0) is 87.0 Å². The fraction of sp³-hybridized carbons (Fsp3) is 0.116. The second-order valence-corrected chi connectivity index (χ2v) is 18.3. The van der Waals surface area contributed by atoms with Gasteiger partial charge in [-0.1, -0.05) is 78.9 Å². The van der Waals surface area contributed by atoms with E-state index in [4.69, 9.17) is 3.79 Å². The number of anilines is 1. The minimum atomic E-state index is -5.39. The Morgan fingerprint density at radius 1 is 0.492 bits per heavy atom.